The number of aryl methyl sites for hydroxylation is 1. The maximum Gasteiger partial charge on any atom is 0.211 e. The summed E-state index contributed by atoms with van der Waals surface area (Å²) in [6, 6.07) is 2.15. The maximum atomic E-state index is 11.5. The molecule has 1 N–H and O–H groups in total. The van der Waals surface area contributed by atoms with Crippen LogP contribution in [0.4, 0.5) is 5.82 Å². The minimum Gasteiger partial charge on any atom is -0.354 e. The molecule has 0 spiro atoms. The van der Waals surface area contributed by atoms with Crippen LogP contribution in [0.5, 0.6) is 0 Å². The molecule has 2 rings (SSSR count). The molecule has 1 aliphatic heterocycles. The number of pyridine rings is 1. The van der Waals surface area contributed by atoms with Crippen molar-refractivity contribution in [3.05, 3.63) is 23.4 Å². The zero-order valence-electron chi connectivity index (χ0n) is 13.0. The van der Waals surface area contributed by atoms with Crippen LogP contribution >= 0.6 is 0 Å². The fourth-order valence-corrected chi connectivity index (χ4v) is 3.38. The maximum absolute atomic E-state index is 11.5. The SMILES string of the molecule is CCNCc1cnc(N2CCN(S(C)(=O)=O)CC2)c(C)c1. The predicted octanol–water partition coefficient (Wildman–Crippen LogP) is 0.581. The number of aromatic nitrogens is 1. The molecule has 0 unspecified atom stereocenters. The Morgan fingerprint density at radius 2 is 1.95 bits per heavy atom. The van der Waals surface area contributed by atoms with Crippen molar-refractivity contribution < 1.29 is 8.42 Å². The first kappa shape index (κ1) is 16.2. The summed E-state index contributed by atoms with van der Waals surface area (Å²) < 4.78 is 24.6. The lowest BCUT2D eigenvalue weighted by atomic mass is 10.2. The summed E-state index contributed by atoms with van der Waals surface area (Å²) in [4.78, 5) is 6.72. The fraction of sp³-hybridized carbons (Fsp3) is 0.643. The molecule has 1 aromatic rings. The van der Waals surface area contributed by atoms with Gasteiger partial charge in [0.25, 0.3) is 0 Å². The lowest BCUT2D eigenvalue weighted by Gasteiger charge is -2.34. The Hall–Kier alpha value is -1.18. The van der Waals surface area contributed by atoms with Gasteiger partial charge in [-0.2, -0.15) is 4.31 Å². The molecule has 0 atom stereocenters. The third-order valence-electron chi connectivity index (χ3n) is 3.69. The molecular formula is C14H24N4O2S. The van der Waals surface area contributed by atoms with Crippen LogP contribution in [0.2, 0.25) is 0 Å². The van der Waals surface area contributed by atoms with E-state index in [1.54, 1.807) is 0 Å². The van der Waals surface area contributed by atoms with Crippen molar-refractivity contribution in [2.45, 2.75) is 20.4 Å². The molecule has 2 heterocycles. The predicted molar refractivity (Wildman–Crippen MR) is 85.0 cm³/mol. The van der Waals surface area contributed by atoms with E-state index in [0.717, 1.165) is 24.5 Å². The lowest BCUT2D eigenvalue weighted by Crippen LogP contribution is -2.48. The molecule has 6 nitrogen and oxygen atoms in total. The Kier molecular flexibility index (Phi) is 5.18. The largest absolute Gasteiger partial charge is 0.354 e. The highest BCUT2D eigenvalue weighted by molar-refractivity contribution is 7.88. The van der Waals surface area contributed by atoms with E-state index in [9.17, 15) is 8.42 Å². The fourth-order valence-electron chi connectivity index (χ4n) is 2.55. The molecule has 0 aromatic carbocycles. The third-order valence-corrected chi connectivity index (χ3v) is 5.00. The van der Waals surface area contributed by atoms with Gasteiger partial charge in [0.05, 0.1) is 6.26 Å². The minimum atomic E-state index is -3.08. The second-order valence-corrected chi connectivity index (χ2v) is 7.40. The molecule has 7 heteroatoms. The number of rotatable bonds is 5. The van der Waals surface area contributed by atoms with Gasteiger partial charge in [0.2, 0.25) is 10.0 Å². The second-order valence-electron chi connectivity index (χ2n) is 5.41. The summed E-state index contributed by atoms with van der Waals surface area (Å²) in [5, 5.41) is 3.29. The van der Waals surface area contributed by atoms with Crippen molar-refractivity contribution in [1.29, 1.82) is 0 Å². The number of nitrogens with one attached hydrogen (secondary N) is 1. The van der Waals surface area contributed by atoms with Crippen LogP contribution in [0.15, 0.2) is 12.3 Å². The number of nitrogens with zero attached hydrogens (tertiary/aromatic N) is 3. The highest BCUT2D eigenvalue weighted by atomic mass is 32.2. The van der Waals surface area contributed by atoms with Crippen molar-refractivity contribution in [2.24, 2.45) is 0 Å². The van der Waals surface area contributed by atoms with E-state index in [0.29, 0.717) is 26.2 Å². The molecule has 21 heavy (non-hydrogen) atoms. The van der Waals surface area contributed by atoms with Crippen molar-refractivity contribution in [1.82, 2.24) is 14.6 Å². The minimum absolute atomic E-state index is 0.527. The average Bonchev–Trinajstić information content (AvgIpc) is 2.44. The highest BCUT2D eigenvalue weighted by Gasteiger charge is 2.24. The smallest absolute Gasteiger partial charge is 0.211 e. The Labute approximate surface area is 127 Å². The van der Waals surface area contributed by atoms with Gasteiger partial charge in [-0.15, -0.1) is 0 Å². The number of hydrogen-bond donors (Lipinski definition) is 1. The van der Waals surface area contributed by atoms with E-state index < -0.39 is 10.0 Å². The Bertz CT molecular complexity index is 581. The van der Waals surface area contributed by atoms with Crippen molar-refractivity contribution >= 4 is 15.8 Å². The molecule has 0 bridgehead atoms. The first-order chi connectivity index (χ1) is 9.91. The van der Waals surface area contributed by atoms with Crippen LogP contribution in [0, 0.1) is 6.92 Å². The summed E-state index contributed by atoms with van der Waals surface area (Å²) >= 11 is 0. The van der Waals surface area contributed by atoms with Gasteiger partial charge < -0.3 is 10.2 Å². The van der Waals surface area contributed by atoms with E-state index in [-0.39, 0.29) is 0 Å². The molecule has 1 aliphatic rings. The molecule has 0 radical (unpaired) electrons. The first-order valence-corrected chi connectivity index (χ1v) is 9.13. The van der Waals surface area contributed by atoms with E-state index in [2.05, 4.69) is 35.1 Å². The van der Waals surface area contributed by atoms with Crippen LogP contribution in [-0.4, -0.2) is 56.7 Å². The molecule has 118 valence electrons. The third kappa shape index (κ3) is 4.15. The van der Waals surface area contributed by atoms with Crippen molar-refractivity contribution in [3.63, 3.8) is 0 Å². The van der Waals surface area contributed by atoms with Crippen LogP contribution in [0.25, 0.3) is 0 Å². The summed E-state index contributed by atoms with van der Waals surface area (Å²) in [5.41, 5.74) is 2.31. The van der Waals surface area contributed by atoms with Gasteiger partial charge >= 0.3 is 0 Å². The molecule has 1 aromatic heterocycles. The number of anilines is 1. The first-order valence-electron chi connectivity index (χ1n) is 7.28. The number of hydrogen-bond acceptors (Lipinski definition) is 5. The van der Waals surface area contributed by atoms with Crippen LogP contribution < -0.4 is 10.2 Å². The van der Waals surface area contributed by atoms with Gasteiger partial charge in [0, 0.05) is 38.9 Å². The van der Waals surface area contributed by atoms with Gasteiger partial charge in [-0.1, -0.05) is 6.92 Å². The normalized spacial score (nSPS) is 17.2. The average molecular weight is 312 g/mol. The zero-order valence-corrected chi connectivity index (χ0v) is 13.8. The lowest BCUT2D eigenvalue weighted by molar-refractivity contribution is 0.386. The van der Waals surface area contributed by atoms with E-state index in [1.807, 2.05) is 6.20 Å². The van der Waals surface area contributed by atoms with Crippen LogP contribution in [0.1, 0.15) is 18.1 Å². The molecular weight excluding hydrogens is 288 g/mol. The van der Waals surface area contributed by atoms with Crippen LogP contribution in [0.3, 0.4) is 0 Å². The van der Waals surface area contributed by atoms with E-state index >= 15 is 0 Å². The summed E-state index contributed by atoms with van der Waals surface area (Å²) in [5.74, 6) is 0.961. The molecule has 0 saturated carbocycles. The van der Waals surface area contributed by atoms with Gasteiger partial charge in [-0.3, -0.25) is 0 Å². The quantitative estimate of drug-likeness (QED) is 0.861. The van der Waals surface area contributed by atoms with E-state index in [1.165, 1.54) is 16.1 Å². The van der Waals surface area contributed by atoms with E-state index in [4.69, 9.17) is 0 Å². The second kappa shape index (κ2) is 6.72. The Morgan fingerprint density at radius 1 is 1.29 bits per heavy atom. The van der Waals surface area contributed by atoms with Crippen molar-refractivity contribution in [2.75, 3.05) is 43.9 Å². The molecule has 1 fully saturated rings. The summed E-state index contributed by atoms with van der Waals surface area (Å²) in [6.45, 7) is 8.33. The zero-order chi connectivity index (χ0) is 15.5. The van der Waals surface area contributed by atoms with Gasteiger partial charge in [-0.05, 0) is 30.7 Å². The van der Waals surface area contributed by atoms with Gasteiger partial charge in [0.15, 0.2) is 0 Å². The van der Waals surface area contributed by atoms with Crippen LogP contribution in [-0.2, 0) is 16.6 Å². The van der Waals surface area contributed by atoms with Gasteiger partial charge in [0.1, 0.15) is 5.82 Å². The Morgan fingerprint density at radius 3 is 2.48 bits per heavy atom. The molecule has 0 aliphatic carbocycles. The highest BCUT2D eigenvalue weighted by Crippen LogP contribution is 2.20. The monoisotopic (exact) mass is 312 g/mol. The van der Waals surface area contributed by atoms with Crippen molar-refractivity contribution in [3.8, 4) is 0 Å². The van der Waals surface area contributed by atoms with Gasteiger partial charge in [-0.25, -0.2) is 13.4 Å². The molecule has 1 saturated heterocycles. The number of piperazine rings is 1. The topological polar surface area (TPSA) is 65.5 Å². The molecule has 0 amide bonds. The standard InChI is InChI=1S/C14H24N4O2S/c1-4-15-10-13-9-12(2)14(16-11-13)17-5-7-18(8-6-17)21(3,19)20/h9,11,15H,4-8,10H2,1-3H3. The summed E-state index contributed by atoms with van der Waals surface area (Å²) in [6.07, 6.45) is 3.16. The number of sulfonamides is 1. The Balaban J connectivity index is 2.03. The summed E-state index contributed by atoms with van der Waals surface area (Å²) in [7, 11) is -3.08.